The van der Waals surface area contributed by atoms with Crippen LogP contribution in [0.2, 0.25) is 39.3 Å². The van der Waals surface area contributed by atoms with Crippen molar-refractivity contribution in [2.45, 2.75) is 52.1 Å². The fourth-order valence-corrected chi connectivity index (χ4v) is 15.4. The smallest absolute Gasteiger partial charge is 1.00 e. The summed E-state index contributed by atoms with van der Waals surface area (Å²) in [5, 5.41) is 3.57. The number of hydrogen-bond donors (Lipinski definition) is 0. The molecule has 0 aliphatic heterocycles. The van der Waals surface area contributed by atoms with Crippen LogP contribution in [0.15, 0.2) is 41.3 Å². The maximum Gasteiger partial charge on any atom is -1.00 e. The first-order chi connectivity index (χ1) is 8.69. The van der Waals surface area contributed by atoms with Crippen molar-refractivity contribution in [2.24, 2.45) is 0 Å². The molecule has 0 nitrogen and oxygen atoms in total. The second-order valence-electron chi connectivity index (χ2n) is 7.62. The van der Waals surface area contributed by atoms with E-state index in [0.717, 1.165) is 0 Å². The Bertz CT molecular complexity index is 457. The molecule has 19 heavy (non-hydrogen) atoms. The van der Waals surface area contributed by atoms with Gasteiger partial charge in [0.15, 0.2) is 0 Å². The van der Waals surface area contributed by atoms with Gasteiger partial charge in [0.05, 0.1) is 0 Å². The zero-order chi connectivity index (χ0) is 14.3. The molecular formula is C16H28Si2Zr. The summed E-state index contributed by atoms with van der Waals surface area (Å²) in [5.41, 5.74) is 0. The average molecular weight is 368 g/mol. The van der Waals surface area contributed by atoms with Crippen LogP contribution in [0.5, 0.6) is 0 Å². The zero-order valence-corrected chi connectivity index (χ0v) is 17.7. The standard InChI is InChI=1S/2C8H13Si.Zr.2H/c2*1-9(2,3)8-6-4-5-7-8;;;/h2*4,6H,5H2,1-3H3;;;/q;;+2;2*-1. The molecular weight excluding hydrogens is 340 g/mol. The first-order valence-corrected chi connectivity index (χ1v) is 16.7. The van der Waals surface area contributed by atoms with Crippen molar-refractivity contribution in [1.29, 1.82) is 0 Å². The Morgan fingerprint density at radius 2 is 1.16 bits per heavy atom. The summed E-state index contributed by atoms with van der Waals surface area (Å²) in [6.45, 7) is 15.0. The molecule has 0 N–H and O–H groups in total. The van der Waals surface area contributed by atoms with Gasteiger partial charge in [0, 0.05) is 0 Å². The van der Waals surface area contributed by atoms with Gasteiger partial charge in [-0.2, -0.15) is 0 Å². The normalized spacial score (nSPS) is 19.7. The molecule has 0 atom stereocenters. The van der Waals surface area contributed by atoms with Crippen LogP contribution < -0.4 is 0 Å². The van der Waals surface area contributed by atoms with E-state index in [1.165, 1.54) is 12.8 Å². The third kappa shape index (κ3) is 3.68. The van der Waals surface area contributed by atoms with Gasteiger partial charge >= 0.3 is 133 Å². The Balaban J connectivity index is 0.00000200. The van der Waals surface area contributed by atoms with Gasteiger partial charge in [-0.3, -0.25) is 0 Å². The van der Waals surface area contributed by atoms with Crippen molar-refractivity contribution in [3.8, 4) is 0 Å². The van der Waals surface area contributed by atoms with Crippen molar-refractivity contribution in [1.82, 2.24) is 0 Å². The summed E-state index contributed by atoms with van der Waals surface area (Å²) in [7, 11) is -2.25. The summed E-state index contributed by atoms with van der Waals surface area (Å²) in [6.07, 6.45) is 12.3. The van der Waals surface area contributed by atoms with Gasteiger partial charge in [0.1, 0.15) is 0 Å². The summed E-state index contributed by atoms with van der Waals surface area (Å²) in [5.74, 6) is 0. The van der Waals surface area contributed by atoms with Gasteiger partial charge in [0.2, 0.25) is 0 Å². The summed E-state index contributed by atoms with van der Waals surface area (Å²) >= 11 is -0.505. The van der Waals surface area contributed by atoms with Crippen molar-refractivity contribution < 1.29 is 26.1 Å². The Labute approximate surface area is 135 Å². The summed E-state index contributed by atoms with van der Waals surface area (Å²) in [4.78, 5) is 0. The van der Waals surface area contributed by atoms with E-state index in [0.29, 0.717) is 0 Å². The maximum atomic E-state index is 2.50. The molecule has 0 saturated heterocycles. The first kappa shape index (κ1) is 15.7. The van der Waals surface area contributed by atoms with Crippen molar-refractivity contribution in [3.63, 3.8) is 0 Å². The van der Waals surface area contributed by atoms with Crippen LogP contribution >= 0.6 is 0 Å². The van der Waals surface area contributed by atoms with Crippen molar-refractivity contribution >= 4 is 16.1 Å². The summed E-state index contributed by atoms with van der Waals surface area (Å²) < 4.78 is 3.77. The van der Waals surface area contributed by atoms with Gasteiger partial charge in [-0.1, -0.05) is 0 Å². The van der Waals surface area contributed by atoms with E-state index in [4.69, 9.17) is 0 Å². The van der Waals surface area contributed by atoms with Gasteiger partial charge in [-0.05, 0) is 0 Å². The summed E-state index contributed by atoms with van der Waals surface area (Å²) in [6, 6.07) is 0. The Hall–Kier alpha value is 0.277. The monoisotopic (exact) mass is 366 g/mol. The molecule has 0 amide bonds. The van der Waals surface area contributed by atoms with Gasteiger partial charge in [0.25, 0.3) is 0 Å². The molecule has 3 heteroatoms. The molecule has 0 fully saturated rings. The average Bonchev–Trinajstić information content (AvgIpc) is 2.83. The van der Waals surface area contributed by atoms with E-state index in [2.05, 4.69) is 63.6 Å². The minimum Gasteiger partial charge on any atom is -1.00 e. The van der Waals surface area contributed by atoms with Gasteiger partial charge < -0.3 is 2.85 Å². The molecule has 0 radical (unpaired) electrons. The molecule has 0 heterocycles. The van der Waals surface area contributed by atoms with E-state index in [1.807, 2.05) is 6.56 Å². The maximum absolute atomic E-state index is 2.50. The molecule has 2 rings (SSSR count). The third-order valence-electron chi connectivity index (χ3n) is 3.78. The van der Waals surface area contributed by atoms with Crippen LogP contribution in [0, 0.1) is 0 Å². The number of rotatable bonds is 4. The largest absolute Gasteiger partial charge is 1.00 e. The quantitative estimate of drug-likeness (QED) is 0.577. The molecule has 0 aromatic heterocycles. The minimum atomic E-state index is -1.12. The molecule has 0 saturated carbocycles. The molecule has 0 aromatic rings. The Morgan fingerprint density at radius 3 is 1.47 bits per heavy atom. The van der Waals surface area contributed by atoms with E-state index in [9.17, 15) is 0 Å². The van der Waals surface area contributed by atoms with Crippen molar-refractivity contribution in [3.05, 3.63) is 41.3 Å². The molecule has 2 aliphatic rings. The SMILES string of the molecule is C[Si](C)(C)C1=[C]([Zr+2][C]2=C([Si](C)(C)C)C=CC2)CC=C1.[H-].[H-]. The molecule has 0 bridgehead atoms. The van der Waals surface area contributed by atoms with Crippen LogP contribution in [0.1, 0.15) is 15.7 Å². The zero-order valence-electron chi connectivity index (χ0n) is 15.2. The van der Waals surface area contributed by atoms with Crippen molar-refractivity contribution in [2.75, 3.05) is 0 Å². The van der Waals surface area contributed by atoms with Crippen LogP contribution in [-0.2, 0) is 23.2 Å². The number of hydrogen-bond acceptors (Lipinski definition) is 0. The topological polar surface area (TPSA) is 0 Å². The van der Waals surface area contributed by atoms with Crippen LogP contribution in [-0.4, -0.2) is 16.1 Å². The molecule has 0 unspecified atom stereocenters. The third-order valence-corrected chi connectivity index (χ3v) is 13.0. The predicted octanol–water partition coefficient (Wildman–Crippen LogP) is 5.48. The molecule has 2 aliphatic carbocycles. The Morgan fingerprint density at radius 1 is 0.789 bits per heavy atom. The van der Waals surface area contributed by atoms with Gasteiger partial charge in [-0.25, -0.2) is 0 Å². The first-order valence-electron chi connectivity index (χ1n) is 7.27. The molecule has 0 aromatic carbocycles. The van der Waals surface area contributed by atoms with Gasteiger partial charge in [-0.15, -0.1) is 0 Å². The Kier molecular flexibility index (Phi) is 4.60. The second kappa shape index (κ2) is 5.58. The fourth-order valence-electron chi connectivity index (χ4n) is 2.83. The van der Waals surface area contributed by atoms with E-state index < -0.39 is 39.4 Å². The molecule has 104 valence electrons. The molecule has 0 spiro atoms. The van der Waals surface area contributed by atoms with E-state index in [1.54, 1.807) is 10.4 Å². The fraction of sp³-hybridized carbons (Fsp3) is 0.500. The van der Waals surface area contributed by atoms with Crippen LogP contribution in [0.3, 0.4) is 0 Å². The number of allylic oxidation sites excluding steroid dienone is 8. The van der Waals surface area contributed by atoms with E-state index >= 15 is 0 Å². The minimum absolute atomic E-state index is 0. The van der Waals surface area contributed by atoms with E-state index in [-0.39, 0.29) is 2.85 Å². The van der Waals surface area contributed by atoms with Crippen LogP contribution in [0.25, 0.3) is 0 Å². The van der Waals surface area contributed by atoms with Crippen LogP contribution in [0.4, 0.5) is 0 Å². The second-order valence-corrected chi connectivity index (χ2v) is 21.3. The predicted molar refractivity (Wildman–Crippen MR) is 90.5 cm³/mol.